The number of amides is 1. The summed E-state index contributed by atoms with van der Waals surface area (Å²) in [6, 6.07) is 0.544. The molecule has 18 heavy (non-hydrogen) atoms. The van der Waals surface area contributed by atoms with Crippen molar-refractivity contribution in [3.63, 3.8) is 0 Å². The Balaban J connectivity index is 1.83. The van der Waals surface area contributed by atoms with Gasteiger partial charge in [-0.15, -0.1) is 0 Å². The number of rotatable bonds is 4. The smallest absolute Gasteiger partial charge is 0.240 e. The predicted octanol–water partition coefficient (Wildman–Crippen LogP) is 1.20. The molecule has 1 unspecified atom stereocenters. The van der Waals surface area contributed by atoms with Crippen LogP contribution in [0.25, 0.3) is 0 Å². The molecule has 4 nitrogen and oxygen atoms in total. The Morgan fingerprint density at radius 2 is 2.39 bits per heavy atom. The molecule has 0 aromatic carbocycles. The van der Waals surface area contributed by atoms with Crippen molar-refractivity contribution >= 4 is 5.91 Å². The van der Waals surface area contributed by atoms with Gasteiger partial charge in [-0.25, -0.2) is 0 Å². The number of hydrogen-bond donors (Lipinski definition) is 1. The third-order valence-corrected chi connectivity index (χ3v) is 4.09. The van der Waals surface area contributed by atoms with E-state index in [1.54, 1.807) is 0 Å². The Morgan fingerprint density at radius 1 is 1.56 bits per heavy atom. The van der Waals surface area contributed by atoms with E-state index in [1.807, 2.05) is 19.0 Å². The minimum atomic E-state index is 0.236. The molecule has 1 fully saturated rings. The van der Waals surface area contributed by atoms with E-state index in [2.05, 4.69) is 16.3 Å². The number of nitrogens with one attached hydrogen (secondary N) is 1. The van der Waals surface area contributed by atoms with Crippen molar-refractivity contribution in [1.29, 1.82) is 0 Å². The number of likely N-dealkylation sites (N-methyl/N-ethyl adjacent to an activating group) is 2. The topological polar surface area (TPSA) is 35.6 Å². The third-order valence-electron chi connectivity index (χ3n) is 4.09. The normalized spacial score (nSPS) is 25.0. The maximum Gasteiger partial charge on any atom is 0.240 e. The predicted molar refractivity (Wildman–Crippen MR) is 73.2 cm³/mol. The quantitative estimate of drug-likeness (QED) is 0.815. The molecule has 1 heterocycles. The molecule has 2 rings (SSSR count). The summed E-state index contributed by atoms with van der Waals surface area (Å²) in [6.45, 7) is 2.61. The molecule has 0 radical (unpaired) electrons. The van der Waals surface area contributed by atoms with Gasteiger partial charge >= 0.3 is 0 Å². The van der Waals surface area contributed by atoms with Gasteiger partial charge < -0.3 is 10.2 Å². The average molecular weight is 251 g/mol. The number of hydrogen-bond acceptors (Lipinski definition) is 3. The molecular weight excluding hydrogens is 226 g/mol. The Labute approximate surface area is 110 Å². The molecule has 0 spiro atoms. The van der Waals surface area contributed by atoms with Gasteiger partial charge in [-0.05, 0) is 45.7 Å². The van der Waals surface area contributed by atoms with Crippen LogP contribution in [0.15, 0.2) is 11.8 Å². The van der Waals surface area contributed by atoms with Crippen LogP contribution in [0.2, 0.25) is 0 Å². The SMILES string of the molecule is CNC1CCCN(CC(=O)N(C)C2=CCCC2)C1. The highest BCUT2D eigenvalue weighted by Crippen LogP contribution is 2.20. The van der Waals surface area contributed by atoms with Crippen LogP contribution in [0.5, 0.6) is 0 Å². The lowest BCUT2D eigenvalue weighted by molar-refractivity contribution is -0.129. The van der Waals surface area contributed by atoms with E-state index in [0.29, 0.717) is 12.6 Å². The van der Waals surface area contributed by atoms with Gasteiger partial charge in [-0.3, -0.25) is 9.69 Å². The average Bonchev–Trinajstić information content (AvgIpc) is 2.92. The maximum absolute atomic E-state index is 12.2. The molecule has 1 aliphatic heterocycles. The summed E-state index contributed by atoms with van der Waals surface area (Å²) in [5, 5.41) is 3.31. The highest BCUT2D eigenvalue weighted by atomic mass is 16.2. The van der Waals surface area contributed by atoms with E-state index in [-0.39, 0.29) is 5.91 Å². The first-order valence-electron chi connectivity index (χ1n) is 7.06. The van der Waals surface area contributed by atoms with Crippen molar-refractivity contribution in [3.05, 3.63) is 11.8 Å². The van der Waals surface area contributed by atoms with E-state index in [9.17, 15) is 4.79 Å². The summed E-state index contributed by atoms with van der Waals surface area (Å²) in [6.07, 6.45) is 7.98. The summed E-state index contributed by atoms with van der Waals surface area (Å²) in [5.74, 6) is 0.236. The highest BCUT2D eigenvalue weighted by Gasteiger charge is 2.23. The lowest BCUT2D eigenvalue weighted by Gasteiger charge is -2.33. The highest BCUT2D eigenvalue weighted by molar-refractivity contribution is 5.79. The second kappa shape index (κ2) is 6.34. The second-order valence-corrected chi connectivity index (χ2v) is 5.40. The molecule has 1 aliphatic carbocycles. The Kier molecular flexibility index (Phi) is 4.78. The lowest BCUT2D eigenvalue weighted by Crippen LogP contribution is -2.48. The monoisotopic (exact) mass is 251 g/mol. The van der Waals surface area contributed by atoms with Crippen LogP contribution in [0.4, 0.5) is 0 Å². The number of carbonyl (C=O) groups is 1. The van der Waals surface area contributed by atoms with E-state index in [4.69, 9.17) is 0 Å². The van der Waals surface area contributed by atoms with Crippen molar-refractivity contribution in [3.8, 4) is 0 Å². The Morgan fingerprint density at radius 3 is 3.06 bits per heavy atom. The first-order chi connectivity index (χ1) is 8.70. The molecular formula is C14H25N3O. The van der Waals surface area contributed by atoms with Crippen LogP contribution in [-0.4, -0.2) is 55.5 Å². The van der Waals surface area contributed by atoms with Gasteiger partial charge in [-0.2, -0.15) is 0 Å². The van der Waals surface area contributed by atoms with Gasteiger partial charge in [0.05, 0.1) is 6.54 Å². The maximum atomic E-state index is 12.2. The van der Waals surface area contributed by atoms with Crippen LogP contribution in [0.3, 0.4) is 0 Å². The van der Waals surface area contributed by atoms with Gasteiger partial charge in [0.15, 0.2) is 0 Å². The minimum Gasteiger partial charge on any atom is -0.318 e. The van der Waals surface area contributed by atoms with E-state index >= 15 is 0 Å². The van der Waals surface area contributed by atoms with E-state index in [0.717, 1.165) is 25.9 Å². The fourth-order valence-corrected chi connectivity index (χ4v) is 2.85. The Bertz CT molecular complexity index is 327. The number of allylic oxidation sites excluding steroid dienone is 2. The summed E-state index contributed by atoms with van der Waals surface area (Å²) in [5.41, 5.74) is 1.21. The van der Waals surface area contributed by atoms with Crippen molar-refractivity contribution < 1.29 is 4.79 Å². The number of piperidine rings is 1. The third kappa shape index (κ3) is 3.33. The van der Waals surface area contributed by atoms with Gasteiger partial charge in [0.1, 0.15) is 0 Å². The molecule has 1 atom stereocenters. The number of nitrogens with zero attached hydrogens (tertiary/aromatic N) is 2. The molecule has 1 N–H and O–H groups in total. The number of likely N-dealkylation sites (tertiary alicyclic amines) is 1. The van der Waals surface area contributed by atoms with Crippen molar-refractivity contribution in [1.82, 2.24) is 15.1 Å². The zero-order valence-corrected chi connectivity index (χ0v) is 11.6. The molecule has 1 saturated heterocycles. The molecule has 2 aliphatic rings. The molecule has 1 amide bonds. The lowest BCUT2D eigenvalue weighted by atomic mass is 10.1. The number of carbonyl (C=O) groups excluding carboxylic acids is 1. The van der Waals surface area contributed by atoms with Crippen LogP contribution in [-0.2, 0) is 4.79 Å². The standard InChI is InChI=1S/C14H25N3O/c1-15-12-6-5-9-17(10-12)11-14(18)16(2)13-7-3-4-8-13/h7,12,15H,3-6,8-11H2,1-2H3. The second-order valence-electron chi connectivity index (χ2n) is 5.40. The molecule has 0 saturated carbocycles. The molecule has 0 aromatic heterocycles. The van der Waals surface area contributed by atoms with Crippen molar-refractivity contribution in [2.75, 3.05) is 33.7 Å². The zero-order chi connectivity index (χ0) is 13.0. The zero-order valence-electron chi connectivity index (χ0n) is 11.6. The van der Waals surface area contributed by atoms with Gasteiger partial charge in [0.25, 0.3) is 0 Å². The summed E-state index contributed by atoms with van der Waals surface area (Å²) >= 11 is 0. The Hall–Kier alpha value is -0.870. The molecule has 0 aromatic rings. The fraction of sp³-hybridized carbons (Fsp3) is 0.786. The fourth-order valence-electron chi connectivity index (χ4n) is 2.85. The summed E-state index contributed by atoms with van der Waals surface area (Å²) in [4.78, 5) is 16.4. The molecule has 0 bridgehead atoms. The molecule has 4 heteroatoms. The van der Waals surface area contributed by atoms with Gasteiger partial charge in [0, 0.05) is 25.3 Å². The van der Waals surface area contributed by atoms with Gasteiger partial charge in [0.2, 0.25) is 5.91 Å². The summed E-state index contributed by atoms with van der Waals surface area (Å²) < 4.78 is 0. The minimum absolute atomic E-state index is 0.236. The first-order valence-corrected chi connectivity index (χ1v) is 7.06. The van der Waals surface area contributed by atoms with Gasteiger partial charge in [-0.1, -0.05) is 6.08 Å². The largest absolute Gasteiger partial charge is 0.318 e. The molecule has 102 valence electrons. The van der Waals surface area contributed by atoms with Crippen LogP contribution in [0, 0.1) is 0 Å². The van der Waals surface area contributed by atoms with Crippen LogP contribution < -0.4 is 5.32 Å². The summed E-state index contributed by atoms with van der Waals surface area (Å²) in [7, 11) is 3.92. The first kappa shape index (κ1) is 13.6. The van der Waals surface area contributed by atoms with Crippen molar-refractivity contribution in [2.45, 2.75) is 38.1 Å². The van der Waals surface area contributed by atoms with E-state index < -0.39 is 0 Å². The van der Waals surface area contributed by atoms with Crippen molar-refractivity contribution in [2.24, 2.45) is 0 Å². The van der Waals surface area contributed by atoms with E-state index in [1.165, 1.54) is 25.0 Å². The van der Waals surface area contributed by atoms with Crippen LogP contribution >= 0.6 is 0 Å². The van der Waals surface area contributed by atoms with Crippen LogP contribution in [0.1, 0.15) is 32.1 Å².